The summed E-state index contributed by atoms with van der Waals surface area (Å²) >= 11 is 0. The van der Waals surface area contributed by atoms with Crippen LogP contribution in [-0.2, 0) is 0 Å². The van der Waals surface area contributed by atoms with Crippen molar-refractivity contribution in [1.82, 2.24) is 5.32 Å². The monoisotopic (exact) mass is 114 g/mol. The van der Waals surface area contributed by atoms with Gasteiger partial charge in [-0.2, -0.15) is 0 Å². The Morgan fingerprint density at radius 1 is 1.50 bits per heavy atom. The molecule has 0 rings (SSSR count). The van der Waals surface area contributed by atoms with Crippen LogP contribution in [0.5, 0.6) is 0 Å². The molecule has 0 aliphatic heterocycles. The zero-order valence-electron chi connectivity index (χ0n) is 5.35. The van der Waals surface area contributed by atoms with E-state index in [1.165, 1.54) is 0 Å². The third-order valence-electron chi connectivity index (χ3n) is 0.815. The van der Waals surface area contributed by atoms with Crippen LogP contribution in [0, 0.1) is 0 Å². The second kappa shape index (κ2) is 6.66. The quantitative estimate of drug-likeness (QED) is 0.402. The maximum atomic E-state index is 5.20. The molecule has 0 aliphatic carbocycles. The highest BCUT2D eigenvalue weighted by molar-refractivity contribution is 4.83. The van der Waals surface area contributed by atoms with Gasteiger partial charge in [-0.1, -0.05) is 19.1 Å². The number of rotatable bonds is 4. The summed E-state index contributed by atoms with van der Waals surface area (Å²) in [5.41, 5.74) is 5.20. The average molecular weight is 114 g/mol. The third kappa shape index (κ3) is 5.66. The molecule has 0 heterocycles. The smallest absolute Gasteiger partial charge is 0.0135 e. The zero-order chi connectivity index (χ0) is 6.24. The van der Waals surface area contributed by atoms with Crippen LogP contribution in [-0.4, -0.2) is 19.6 Å². The molecule has 0 aromatic heterocycles. The Bertz CT molecular complexity index is 59.5. The highest BCUT2D eigenvalue weighted by Crippen LogP contribution is 1.64. The van der Waals surface area contributed by atoms with Crippen LogP contribution >= 0.6 is 0 Å². The van der Waals surface area contributed by atoms with E-state index in [-0.39, 0.29) is 0 Å². The van der Waals surface area contributed by atoms with Crippen LogP contribution in [0.3, 0.4) is 0 Å². The van der Waals surface area contributed by atoms with Crippen LogP contribution in [0.15, 0.2) is 12.2 Å². The van der Waals surface area contributed by atoms with Crippen molar-refractivity contribution in [1.29, 1.82) is 0 Å². The van der Waals surface area contributed by atoms with Gasteiger partial charge in [0.25, 0.3) is 0 Å². The maximum absolute atomic E-state index is 5.20. The number of hydrogen-bond acceptors (Lipinski definition) is 2. The van der Waals surface area contributed by atoms with E-state index in [9.17, 15) is 0 Å². The lowest BCUT2D eigenvalue weighted by molar-refractivity contribution is 0.798. The van der Waals surface area contributed by atoms with Crippen molar-refractivity contribution in [2.75, 3.05) is 19.6 Å². The molecule has 0 unspecified atom stereocenters. The molecule has 0 fully saturated rings. The minimum absolute atomic E-state index is 0.644. The lowest BCUT2D eigenvalue weighted by Crippen LogP contribution is -2.11. The Labute approximate surface area is 50.8 Å². The molecule has 2 heteroatoms. The molecule has 0 saturated heterocycles. The summed E-state index contributed by atoms with van der Waals surface area (Å²) in [6.45, 7) is 4.68. The Morgan fingerprint density at radius 3 is 2.75 bits per heavy atom. The number of nitrogens with two attached hydrogens (primary N) is 1. The molecule has 2 nitrogen and oxygen atoms in total. The fraction of sp³-hybridized carbons (Fsp3) is 0.667. The van der Waals surface area contributed by atoms with Crippen molar-refractivity contribution < 1.29 is 0 Å². The summed E-state index contributed by atoms with van der Waals surface area (Å²) in [6, 6.07) is 0. The lowest BCUT2D eigenvalue weighted by Gasteiger charge is -1.90. The predicted molar refractivity (Wildman–Crippen MR) is 36.7 cm³/mol. The van der Waals surface area contributed by atoms with E-state index in [0.717, 1.165) is 13.1 Å². The highest BCUT2D eigenvalue weighted by atomic mass is 14.8. The second-order valence-corrected chi connectivity index (χ2v) is 1.51. The van der Waals surface area contributed by atoms with Gasteiger partial charge < -0.3 is 11.1 Å². The van der Waals surface area contributed by atoms with E-state index in [1.807, 2.05) is 12.2 Å². The van der Waals surface area contributed by atoms with Gasteiger partial charge in [0.1, 0.15) is 0 Å². The molecule has 3 N–H and O–H groups in total. The summed E-state index contributed by atoms with van der Waals surface area (Å²) in [5, 5.41) is 3.14. The Hall–Kier alpha value is -0.340. The molecule has 0 aliphatic rings. The molecule has 0 spiro atoms. The fourth-order valence-electron chi connectivity index (χ4n) is 0.407. The zero-order valence-corrected chi connectivity index (χ0v) is 5.35. The first-order valence-electron chi connectivity index (χ1n) is 2.97. The number of hydrogen-bond donors (Lipinski definition) is 2. The molecule has 0 radical (unpaired) electrons. The highest BCUT2D eigenvalue weighted by Gasteiger charge is 1.70. The van der Waals surface area contributed by atoms with Gasteiger partial charge in [-0.25, -0.2) is 0 Å². The predicted octanol–water partition coefficient (Wildman–Crippen LogP) is 0.111. The van der Waals surface area contributed by atoms with E-state index in [0.29, 0.717) is 6.54 Å². The third-order valence-corrected chi connectivity index (χ3v) is 0.815. The van der Waals surface area contributed by atoms with E-state index in [1.54, 1.807) is 0 Å². The van der Waals surface area contributed by atoms with E-state index in [2.05, 4.69) is 12.2 Å². The average Bonchev–Trinajstić information content (AvgIpc) is 1.81. The summed E-state index contributed by atoms with van der Waals surface area (Å²) in [7, 11) is 0. The Balaban J connectivity index is 2.80. The number of likely N-dealkylation sites (N-methyl/N-ethyl adjacent to an activating group) is 1. The van der Waals surface area contributed by atoms with Crippen molar-refractivity contribution in [2.45, 2.75) is 6.92 Å². The first-order chi connectivity index (χ1) is 3.91. The van der Waals surface area contributed by atoms with Gasteiger partial charge in [-0.05, 0) is 6.54 Å². The molecule has 0 bridgehead atoms. The van der Waals surface area contributed by atoms with Crippen LogP contribution in [0.4, 0.5) is 0 Å². The fourth-order valence-corrected chi connectivity index (χ4v) is 0.407. The van der Waals surface area contributed by atoms with Gasteiger partial charge >= 0.3 is 0 Å². The minimum atomic E-state index is 0.644. The summed E-state index contributed by atoms with van der Waals surface area (Å²) in [6.07, 6.45) is 3.98. The molecule has 0 amide bonds. The van der Waals surface area contributed by atoms with Crippen molar-refractivity contribution >= 4 is 0 Å². The van der Waals surface area contributed by atoms with E-state index < -0.39 is 0 Å². The van der Waals surface area contributed by atoms with Crippen molar-refractivity contribution in [2.24, 2.45) is 5.73 Å². The Kier molecular flexibility index (Phi) is 6.38. The largest absolute Gasteiger partial charge is 0.327 e. The van der Waals surface area contributed by atoms with Gasteiger partial charge in [0.05, 0.1) is 0 Å². The van der Waals surface area contributed by atoms with Crippen molar-refractivity contribution in [3.8, 4) is 0 Å². The van der Waals surface area contributed by atoms with Gasteiger partial charge in [0.2, 0.25) is 0 Å². The molecule has 0 atom stereocenters. The summed E-state index contributed by atoms with van der Waals surface area (Å²) in [4.78, 5) is 0. The van der Waals surface area contributed by atoms with Gasteiger partial charge in [-0.3, -0.25) is 0 Å². The summed E-state index contributed by atoms with van der Waals surface area (Å²) in [5.74, 6) is 0. The molecule has 0 aromatic rings. The number of nitrogens with one attached hydrogen (secondary N) is 1. The molecule has 8 heavy (non-hydrogen) atoms. The van der Waals surface area contributed by atoms with Crippen molar-refractivity contribution in [3.05, 3.63) is 12.2 Å². The SMILES string of the molecule is CCNC/C=C\CN. The molecule has 0 saturated carbocycles. The van der Waals surface area contributed by atoms with Crippen LogP contribution < -0.4 is 11.1 Å². The van der Waals surface area contributed by atoms with Crippen LogP contribution in [0.1, 0.15) is 6.92 Å². The van der Waals surface area contributed by atoms with Crippen LogP contribution in [0.2, 0.25) is 0 Å². The summed E-state index contributed by atoms with van der Waals surface area (Å²) < 4.78 is 0. The first-order valence-corrected chi connectivity index (χ1v) is 2.97. The molecule has 48 valence electrons. The molecule has 0 aromatic carbocycles. The molecular formula is C6H14N2. The normalized spacial score (nSPS) is 10.8. The lowest BCUT2D eigenvalue weighted by atomic mass is 10.5. The van der Waals surface area contributed by atoms with Gasteiger partial charge in [0.15, 0.2) is 0 Å². The maximum Gasteiger partial charge on any atom is 0.0135 e. The van der Waals surface area contributed by atoms with Crippen molar-refractivity contribution in [3.63, 3.8) is 0 Å². The van der Waals surface area contributed by atoms with Crippen LogP contribution in [0.25, 0.3) is 0 Å². The van der Waals surface area contributed by atoms with Gasteiger partial charge in [0, 0.05) is 13.1 Å². The topological polar surface area (TPSA) is 38.0 Å². The van der Waals surface area contributed by atoms with E-state index >= 15 is 0 Å². The van der Waals surface area contributed by atoms with Gasteiger partial charge in [-0.15, -0.1) is 0 Å². The molecular weight excluding hydrogens is 100 g/mol. The first kappa shape index (κ1) is 7.66. The Morgan fingerprint density at radius 2 is 2.25 bits per heavy atom. The standard InChI is InChI=1S/C6H14N2/c1-2-8-6-4-3-5-7/h3-4,8H,2,5-7H2,1H3/b4-3-. The minimum Gasteiger partial charge on any atom is -0.327 e. The van der Waals surface area contributed by atoms with E-state index in [4.69, 9.17) is 5.73 Å². The second-order valence-electron chi connectivity index (χ2n) is 1.51.